The molecule has 0 radical (unpaired) electrons. The van der Waals surface area contributed by atoms with Gasteiger partial charge in [0.1, 0.15) is 11.8 Å². The van der Waals surface area contributed by atoms with Crippen molar-refractivity contribution in [1.29, 1.82) is 0 Å². The van der Waals surface area contributed by atoms with Crippen molar-refractivity contribution in [2.75, 3.05) is 7.11 Å². The SMILES string of the molecule is COc1ccccc1C[C@@H](C)[NH2+][C@@H]1CCCc2c1[nH]c1ccc([N+](=O)[O-])cc21. The van der Waals surface area contributed by atoms with Crippen LogP contribution in [0.5, 0.6) is 5.75 Å². The first-order valence-electron chi connectivity index (χ1n) is 9.82. The number of hydrogen-bond donors (Lipinski definition) is 2. The Labute approximate surface area is 164 Å². The Kier molecular flexibility index (Phi) is 5.05. The van der Waals surface area contributed by atoms with Gasteiger partial charge >= 0.3 is 0 Å². The van der Waals surface area contributed by atoms with Gasteiger partial charge in [-0.1, -0.05) is 18.2 Å². The van der Waals surface area contributed by atoms with E-state index in [9.17, 15) is 10.1 Å². The van der Waals surface area contributed by atoms with Crippen LogP contribution in [0.4, 0.5) is 5.69 Å². The van der Waals surface area contributed by atoms with Crippen LogP contribution >= 0.6 is 0 Å². The summed E-state index contributed by atoms with van der Waals surface area (Å²) in [5.41, 5.74) is 4.85. The lowest BCUT2D eigenvalue weighted by molar-refractivity contribution is -0.726. The van der Waals surface area contributed by atoms with E-state index in [0.717, 1.165) is 42.3 Å². The number of nitrogens with two attached hydrogens (primary N) is 1. The molecule has 6 nitrogen and oxygen atoms in total. The number of quaternary nitrogens is 1. The molecule has 3 aromatic rings. The molecule has 0 fully saturated rings. The topological polar surface area (TPSA) is 84.8 Å². The van der Waals surface area contributed by atoms with Crippen LogP contribution in [0.25, 0.3) is 10.9 Å². The second kappa shape index (κ2) is 7.64. The van der Waals surface area contributed by atoms with Crippen LogP contribution in [0, 0.1) is 10.1 Å². The van der Waals surface area contributed by atoms with Gasteiger partial charge in [-0.05, 0) is 43.0 Å². The number of non-ortho nitro benzene ring substituents is 1. The molecule has 3 N–H and O–H groups in total. The quantitative estimate of drug-likeness (QED) is 0.506. The molecule has 28 heavy (non-hydrogen) atoms. The van der Waals surface area contributed by atoms with E-state index in [0.29, 0.717) is 12.1 Å². The third-order valence-electron chi connectivity index (χ3n) is 5.74. The molecule has 0 bridgehead atoms. The molecule has 1 aromatic heterocycles. The molecule has 0 unspecified atom stereocenters. The fraction of sp³-hybridized carbons (Fsp3) is 0.364. The van der Waals surface area contributed by atoms with Gasteiger partial charge in [-0.2, -0.15) is 0 Å². The Bertz CT molecular complexity index is 1010. The van der Waals surface area contributed by atoms with Gasteiger partial charge in [-0.3, -0.25) is 10.1 Å². The van der Waals surface area contributed by atoms with Gasteiger partial charge in [0.05, 0.1) is 23.8 Å². The molecule has 1 aliphatic rings. The Morgan fingerprint density at radius 1 is 1.32 bits per heavy atom. The van der Waals surface area contributed by atoms with E-state index in [1.165, 1.54) is 16.8 Å². The number of nitro benzene ring substituents is 1. The summed E-state index contributed by atoms with van der Waals surface area (Å²) >= 11 is 0. The number of aromatic nitrogens is 1. The number of nitrogens with one attached hydrogen (secondary N) is 1. The molecule has 0 amide bonds. The first-order chi connectivity index (χ1) is 13.6. The lowest BCUT2D eigenvalue weighted by Crippen LogP contribution is -2.90. The van der Waals surface area contributed by atoms with Crippen LogP contribution in [0.1, 0.15) is 42.6 Å². The number of ether oxygens (including phenoxy) is 1. The average molecular weight is 380 g/mol. The smallest absolute Gasteiger partial charge is 0.270 e. The highest BCUT2D eigenvalue weighted by molar-refractivity contribution is 5.87. The second-order valence-electron chi connectivity index (χ2n) is 7.69. The number of aromatic amines is 1. The molecular formula is C22H26N3O3+. The Morgan fingerprint density at radius 3 is 2.93 bits per heavy atom. The van der Waals surface area contributed by atoms with Crippen LogP contribution < -0.4 is 10.1 Å². The first-order valence-corrected chi connectivity index (χ1v) is 9.82. The van der Waals surface area contributed by atoms with Gasteiger partial charge < -0.3 is 15.0 Å². The molecule has 146 valence electrons. The van der Waals surface area contributed by atoms with Gasteiger partial charge in [0, 0.05) is 35.9 Å². The number of nitro groups is 1. The Hall–Kier alpha value is -2.86. The summed E-state index contributed by atoms with van der Waals surface area (Å²) in [7, 11) is 1.71. The van der Waals surface area contributed by atoms with Gasteiger partial charge in [0.15, 0.2) is 0 Å². The number of hydrogen-bond acceptors (Lipinski definition) is 3. The zero-order valence-corrected chi connectivity index (χ0v) is 16.3. The summed E-state index contributed by atoms with van der Waals surface area (Å²) in [5.74, 6) is 0.935. The highest BCUT2D eigenvalue weighted by atomic mass is 16.6. The summed E-state index contributed by atoms with van der Waals surface area (Å²) in [6, 6.07) is 14.0. The average Bonchev–Trinajstić information content (AvgIpc) is 3.07. The number of methoxy groups -OCH3 is 1. The number of aryl methyl sites for hydroxylation is 1. The number of rotatable bonds is 6. The van der Waals surface area contributed by atoms with E-state index in [1.807, 2.05) is 24.3 Å². The van der Waals surface area contributed by atoms with Crippen LogP contribution in [0.2, 0.25) is 0 Å². The Balaban J connectivity index is 1.57. The predicted octanol–water partition coefficient (Wildman–Crippen LogP) is 3.66. The monoisotopic (exact) mass is 380 g/mol. The molecule has 0 saturated heterocycles. The third kappa shape index (κ3) is 3.47. The van der Waals surface area contributed by atoms with Crippen LogP contribution in [-0.4, -0.2) is 23.1 Å². The lowest BCUT2D eigenvalue weighted by atomic mass is 9.91. The molecule has 0 saturated carbocycles. The number of H-pyrrole nitrogens is 1. The predicted molar refractivity (Wildman–Crippen MR) is 109 cm³/mol. The van der Waals surface area contributed by atoms with Crippen molar-refractivity contribution in [2.45, 2.75) is 44.7 Å². The van der Waals surface area contributed by atoms with Crippen molar-refractivity contribution < 1.29 is 15.0 Å². The summed E-state index contributed by atoms with van der Waals surface area (Å²) in [4.78, 5) is 14.4. The highest BCUT2D eigenvalue weighted by Crippen LogP contribution is 2.34. The van der Waals surface area contributed by atoms with E-state index < -0.39 is 0 Å². The van der Waals surface area contributed by atoms with Gasteiger partial charge in [0.25, 0.3) is 5.69 Å². The van der Waals surface area contributed by atoms with Gasteiger partial charge in [-0.15, -0.1) is 0 Å². The van der Waals surface area contributed by atoms with Gasteiger partial charge in [0.2, 0.25) is 0 Å². The third-order valence-corrected chi connectivity index (χ3v) is 5.74. The lowest BCUT2D eigenvalue weighted by Gasteiger charge is -2.24. The first kappa shape index (κ1) is 18.5. The fourth-order valence-corrected chi connectivity index (χ4v) is 4.47. The maximum absolute atomic E-state index is 11.1. The van der Waals surface area contributed by atoms with Gasteiger partial charge in [-0.25, -0.2) is 0 Å². The highest BCUT2D eigenvalue weighted by Gasteiger charge is 2.29. The van der Waals surface area contributed by atoms with E-state index in [2.05, 4.69) is 23.3 Å². The minimum atomic E-state index is -0.319. The van der Waals surface area contributed by atoms with Crippen LogP contribution in [0.3, 0.4) is 0 Å². The summed E-state index contributed by atoms with van der Waals surface area (Å²) in [6.45, 7) is 2.24. The molecule has 0 aliphatic heterocycles. The largest absolute Gasteiger partial charge is 0.496 e. The number of fused-ring (bicyclic) bond motifs is 3. The normalized spacial score (nSPS) is 17.3. The van der Waals surface area contributed by atoms with Crippen LogP contribution in [-0.2, 0) is 12.8 Å². The molecule has 6 heteroatoms. The molecule has 2 aromatic carbocycles. The molecule has 1 aliphatic carbocycles. The molecule has 0 spiro atoms. The minimum absolute atomic E-state index is 0.157. The summed E-state index contributed by atoms with van der Waals surface area (Å²) in [6.07, 6.45) is 4.12. The van der Waals surface area contributed by atoms with Crippen molar-refractivity contribution >= 4 is 16.6 Å². The molecule has 4 rings (SSSR count). The number of benzene rings is 2. The van der Waals surface area contributed by atoms with Crippen molar-refractivity contribution in [1.82, 2.24) is 4.98 Å². The standard InChI is InChI=1S/C22H25N3O3/c1-14(12-15-6-3-4-9-21(15)28-2)23-20-8-5-7-17-18-13-16(25(26)27)10-11-19(18)24-22(17)20/h3-4,6,9-11,13-14,20,23-24H,5,7-8,12H2,1-2H3/p+1/t14-,20-/m1/s1. The number of nitrogens with zero attached hydrogens (tertiary/aromatic N) is 1. The fourth-order valence-electron chi connectivity index (χ4n) is 4.47. The van der Waals surface area contributed by atoms with Crippen LogP contribution in [0.15, 0.2) is 42.5 Å². The van der Waals surface area contributed by atoms with Crippen molar-refractivity contribution in [3.63, 3.8) is 0 Å². The summed E-state index contributed by atoms with van der Waals surface area (Å²) in [5, 5.41) is 14.6. The maximum Gasteiger partial charge on any atom is 0.270 e. The van der Waals surface area contributed by atoms with E-state index in [4.69, 9.17) is 4.74 Å². The zero-order chi connectivity index (χ0) is 19.7. The van der Waals surface area contributed by atoms with E-state index in [-0.39, 0.29) is 10.6 Å². The van der Waals surface area contributed by atoms with Crippen molar-refractivity contribution in [3.8, 4) is 5.75 Å². The van der Waals surface area contributed by atoms with Crippen molar-refractivity contribution in [3.05, 3.63) is 69.4 Å². The second-order valence-corrected chi connectivity index (χ2v) is 7.69. The molecular weight excluding hydrogens is 354 g/mol. The summed E-state index contributed by atoms with van der Waals surface area (Å²) < 4.78 is 5.49. The zero-order valence-electron chi connectivity index (χ0n) is 16.3. The molecule has 1 heterocycles. The van der Waals surface area contributed by atoms with Crippen molar-refractivity contribution in [2.24, 2.45) is 0 Å². The molecule has 2 atom stereocenters. The minimum Gasteiger partial charge on any atom is -0.496 e. The Morgan fingerprint density at radius 2 is 2.14 bits per heavy atom. The van der Waals surface area contributed by atoms with E-state index in [1.54, 1.807) is 19.2 Å². The van der Waals surface area contributed by atoms with E-state index >= 15 is 0 Å². The maximum atomic E-state index is 11.1. The number of para-hydroxylation sites is 1.